The van der Waals surface area contributed by atoms with Gasteiger partial charge in [-0.15, -0.1) is 0 Å². The lowest BCUT2D eigenvalue weighted by atomic mass is 10.2. The van der Waals surface area contributed by atoms with Crippen LogP contribution in [0.25, 0.3) is 0 Å². The Balaban J connectivity index is 1.79. The van der Waals surface area contributed by atoms with Crippen LogP contribution >= 0.6 is 0 Å². The Morgan fingerprint density at radius 3 is 2.35 bits per heavy atom. The zero-order valence-corrected chi connectivity index (χ0v) is 13.4. The molecule has 0 aromatic heterocycles. The van der Waals surface area contributed by atoms with Gasteiger partial charge in [0.1, 0.15) is 5.60 Å². The molecule has 2 rings (SSSR count). The van der Waals surface area contributed by atoms with Crippen LogP contribution in [-0.2, 0) is 4.74 Å². The van der Waals surface area contributed by atoms with Gasteiger partial charge in [-0.1, -0.05) is 6.92 Å². The van der Waals surface area contributed by atoms with Crippen LogP contribution in [0.5, 0.6) is 0 Å². The smallest absolute Gasteiger partial charge is 0.410 e. The van der Waals surface area contributed by atoms with E-state index in [0.29, 0.717) is 6.04 Å². The third kappa shape index (κ3) is 4.09. The zero-order chi connectivity index (χ0) is 14.8. The van der Waals surface area contributed by atoms with Crippen molar-refractivity contribution in [2.75, 3.05) is 45.8 Å². The number of likely N-dealkylation sites (N-methyl/N-ethyl adjacent to an activating group) is 1. The molecule has 1 amide bonds. The van der Waals surface area contributed by atoms with Crippen molar-refractivity contribution < 1.29 is 9.53 Å². The Hall–Kier alpha value is -0.810. The number of hydrogen-bond acceptors (Lipinski definition) is 4. The average molecular weight is 283 g/mol. The molecule has 0 N–H and O–H groups in total. The molecule has 2 heterocycles. The fourth-order valence-corrected chi connectivity index (χ4v) is 2.98. The van der Waals surface area contributed by atoms with Gasteiger partial charge in [0, 0.05) is 45.3 Å². The monoisotopic (exact) mass is 283 g/mol. The molecule has 2 aliphatic rings. The van der Waals surface area contributed by atoms with Crippen molar-refractivity contribution in [2.24, 2.45) is 0 Å². The highest BCUT2D eigenvalue weighted by atomic mass is 16.6. The number of hydrogen-bond donors (Lipinski definition) is 0. The van der Waals surface area contributed by atoms with Gasteiger partial charge >= 0.3 is 6.09 Å². The molecule has 0 bridgehead atoms. The Labute approximate surface area is 122 Å². The van der Waals surface area contributed by atoms with Gasteiger partial charge in [-0.25, -0.2) is 4.79 Å². The summed E-state index contributed by atoms with van der Waals surface area (Å²) in [6, 6.07) is 0.515. The normalized spacial score (nSPS) is 26.0. The first kappa shape index (κ1) is 15.6. The molecular weight excluding hydrogens is 254 g/mol. The molecule has 20 heavy (non-hydrogen) atoms. The van der Waals surface area contributed by atoms with Crippen molar-refractivity contribution >= 4 is 6.09 Å². The van der Waals surface area contributed by atoms with E-state index in [4.69, 9.17) is 4.74 Å². The van der Waals surface area contributed by atoms with E-state index in [1.807, 2.05) is 25.7 Å². The number of piperazine rings is 1. The summed E-state index contributed by atoms with van der Waals surface area (Å²) < 4.78 is 5.45. The van der Waals surface area contributed by atoms with Gasteiger partial charge in [-0.3, -0.25) is 4.90 Å². The Kier molecular flexibility index (Phi) is 4.91. The SMILES string of the molecule is CCN1CCN([C@@H]2CCN(C(=O)OC(C)(C)C)C2)CC1. The molecule has 116 valence electrons. The van der Waals surface area contributed by atoms with E-state index in [0.717, 1.165) is 52.2 Å². The van der Waals surface area contributed by atoms with Gasteiger partial charge in [-0.05, 0) is 33.7 Å². The molecule has 0 aromatic rings. The van der Waals surface area contributed by atoms with Crippen LogP contribution in [0.1, 0.15) is 34.1 Å². The van der Waals surface area contributed by atoms with Gasteiger partial charge < -0.3 is 14.5 Å². The molecule has 0 saturated carbocycles. The molecular formula is C15H29N3O2. The average Bonchev–Trinajstić information content (AvgIpc) is 2.86. The van der Waals surface area contributed by atoms with Crippen LogP contribution in [0, 0.1) is 0 Å². The highest BCUT2D eigenvalue weighted by molar-refractivity contribution is 5.68. The van der Waals surface area contributed by atoms with Crippen molar-refractivity contribution in [1.29, 1.82) is 0 Å². The molecule has 2 aliphatic heterocycles. The highest BCUT2D eigenvalue weighted by Crippen LogP contribution is 2.20. The lowest BCUT2D eigenvalue weighted by molar-refractivity contribution is 0.0270. The largest absolute Gasteiger partial charge is 0.444 e. The van der Waals surface area contributed by atoms with Crippen LogP contribution < -0.4 is 0 Å². The number of nitrogens with zero attached hydrogens (tertiary/aromatic N) is 3. The fraction of sp³-hybridized carbons (Fsp3) is 0.933. The number of amides is 1. The zero-order valence-electron chi connectivity index (χ0n) is 13.4. The molecule has 5 heteroatoms. The van der Waals surface area contributed by atoms with Gasteiger partial charge in [-0.2, -0.15) is 0 Å². The first-order chi connectivity index (χ1) is 9.39. The van der Waals surface area contributed by atoms with Crippen molar-refractivity contribution in [2.45, 2.75) is 45.8 Å². The summed E-state index contributed by atoms with van der Waals surface area (Å²) in [5.41, 5.74) is -0.401. The highest BCUT2D eigenvalue weighted by Gasteiger charge is 2.33. The summed E-state index contributed by atoms with van der Waals surface area (Å²) in [6.45, 7) is 15.3. The van der Waals surface area contributed by atoms with Crippen LogP contribution in [-0.4, -0.2) is 78.2 Å². The molecule has 0 radical (unpaired) electrons. The number of carbonyl (C=O) groups is 1. The quantitative estimate of drug-likeness (QED) is 0.772. The van der Waals surface area contributed by atoms with Crippen molar-refractivity contribution in [3.05, 3.63) is 0 Å². The first-order valence-corrected chi connectivity index (χ1v) is 7.83. The van der Waals surface area contributed by atoms with E-state index in [2.05, 4.69) is 16.7 Å². The standard InChI is InChI=1S/C15H29N3O2/c1-5-16-8-10-17(11-9-16)13-6-7-18(12-13)14(19)20-15(2,3)4/h13H,5-12H2,1-4H3/t13-/m1/s1. The van der Waals surface area contributed by atoms with E-state index >= 15 is 0 Å². The fourth-order valence-electron chi connectivity index (χ4n) is 2.98. The van der Waals surface area contributed by atoms with Gasteiger partial charge in [0.15, 0.2) is 0 Å². The molecule has 0 aliphatic carbocycles. The minimum Gasteiger partial charge on any atom is -0.444 e. The first-order valence-electron chi connectivity index (χ1n) is 7.83. The van der Waals surface area contributed by atoms with Gasteiger partial charge in [0.2, 0.25) is 0 Å². The van der Waals surface area contributed by atoms with E-state index in [-0.39, 0.29) is 6.09 Å². The molecule has 2 saturated heterocycles. The van der Waals surface area contributed by atoms with E-state index < -0.39 is 5.60 Å². The molecule has 1 atom stereocenters. The van der Waals surface area contributed by atoms with E-state index in [1.54, 1.807) is 0 Å². The number of likely N-dealkylation sites (tertiary alicyclic amines) is 1. The lowest BCUT2D eigenvalue weighted by Gasteiger charge is -2.37. The summed E-state index contributed by atoms with van der Waals surface area (Å²) in [6.07, 6.45) is 0.915. The summed E-state index contributed by atoms with van der Waals surface area (Å²) in [5, 5.41) is 0. The second-order valence-corrected chi connectivity index (χ2v) is 6.84. The number of rotatable bonds is 2. The Morgan fingerprint density at radius 2 is 1.80 bits per heavy atom. The van der Waals surface area contributed by atoms with Crippen molar-refractivity contribution in [1.82, 2.24) is 14.7 Å². The predicted molar refractivity (Wildman–Crippen MR) is 79.9 cm³/mol. The molecule has 2 fully saturated rings. The third-order valence-electron chi connectivity index (χ3n) is 4.19. The number of ether oxygens (including phenoxy) is 1. The lowest BCUT2D eigenvalue weighted by Crippen LogP contribution is -2.51. The second-order valence-electron chi connectivity index (χ2n) is 6.84. The summed E-state index contributed by atoms with van der Waals surface area (Å²) >= 11 is 0. The Bertz CT molecular complexity index is 333. The predicted octanol–water partition coefficient (Wildman–Crippen LogP) is 1.63. The Morgan fingerprint density at radius 1 is 1.15 bits per heavy atom. The van der Waals surface area contributed by atoms with Gasteiger partial charge in [0.05, 0.1) is 0 Å². The molecule has 0 aromatic carbocycles. The summed E-state index contributed by atoms with van der Waals surface area (Å²) in [5.74, 6) is 0. The third-order valence-corrected chi connectivity index (χ3v) is 4.19. The van der Waals surface area contributed by atoms with Crippen LogP contribution in [0.3, 0.4) is 0 Å². The molecule has 0 unspecified atom stereocenters. The van der Waals surface area contributed by atoms with E-state index in [9.17, 15) is 4.79 Å². The number of carbonyl (C=O) groups excluding carboxylic acids is 1. The second kappa shape index (κ2) is 6.31. The van der Waals surface area contributed by atoms with Crippen LogP contribution in [0.2, 0.25) is 0 Å². The van der Waals surface area contributed by atoms with Crippen molar-refractivity contribution in [3.63, 3.8) is 0 Å². The summed E-state index contributed by atoms with van der Waals surface area (Å²) in [4.78, 5) is 18.9. The maximum Gasteiger partial charge on any atom is 0.410 e. The molecule has 5 nitrogen and oxygen atoms in total. The maximum atomic E-state index is 12.1. The minimum atomic E-state index is -0.401. The maximum absolute atomic E-state index is 12.1. The molecule has 0 spiro atoms. The van der Waals surface area contributed by atoms with E-state index in [1.165, 1.54) is 0 Å². The van der Waals surface area contributed by atoms with Crippen LogP contribution in [0.15, 0.2) is 0 Å². The minimum absolute atomic E-state index is 0.160. The van der Waals surface area contributed by atoms with Crippen LogP contribution in [0.4, 0.5) is 4.79 Å². The summed E-state index contributed by atoms with van der Waals surface area (Å²) in [7, 11) is 0. The van der Waals surface area contributed by atoms with Gasteiger partial charge in [0.25, 0.3) is 0 Å². The van der Waals surface area contributed by atoms with Crippen molar-refractivity contribution in [3.8, 4) is 0 Å². The topological polar surface area (TPSA) is 36.0 Å².